The molecule has 0 saturated carbocycles. The highest BCUT2D eigenvalue weighted by Gasteiger charge is 2.17. The van der Waals surface area contributed by atoms with Crippen molar-refractivity contribution in [1.29, 1.82) is 0 Å². The quantitative estimate of drug-likeness (QED) is 0.619. The molecule has 0 atom stereocenters. The molecular weight excluding hydrogens is 144 g/mol. The van der Waals surface area contributed by atoms with Crippen LogP contribution >= 0.6 is 0 Å². The summed E-state index contributed by atoms with van der Waals surface area (Å²) >= 11 is 0. The van der Waals surface area contributed by atoms with Crippen LogP contribution in [0.25, 0.3) is 0 Å². The first-order chi connectivity index (χ1) is 5.22. The Morgan fingerprint density at radius 1 is 1.36 bits per heavy atom. The van der Waals surface area contributed by atoms with Gasteiger partial charge in [0.25, 0.3) is 0 Å². The fourth-order valence-corrected chi connectivity index (χ4v) is 1.30. The van der Waals surface area contributed by atoms with Gasteiger partial charge >= 0.3 is 6.09 Å². The number of carbonyl (C=O) groups is 1. The highest BCUT2D eigenvalue weighted by molar-refractivity contribution is 5.63. The molecule has 0 bridgehead atoms. The van der Waals surface area contributed by atoms with Crippen molar-refractivity contribution in [3.05, 3.63) is 0 Å². The fraction of sp³-hybridized carbons (Fsp3) is 0.857. The maximum absolute atomic E-state index is 10.5. The van der Waals surface area contributed by atoms with E-state index in [1.807, 2.05) is 5.01 Å². The highest BCUT2D eigenvalue weighted by Crippen LogP contribution is 2.09. The van der Waals surface area contributed by atoms with Crippen molar-refractivity contribution in [1.82, 2.24) is 10.0 Å². The molecule has 0 aromatic heterocycles. The second-order valence-electron chi connectivity index (χ2n) is 2.82. The van der Waals surface area contributed by atoms with Crippen LogP contribution in [-0.4, -0.2) is 41.4 Å². The predicted octanol–water partition coefficient (Wildman–Crippen LogP) is 0.997. The smallest absolute Gasteiger partial charge is 0.421 e. The molecule has 0 radical (unpaired) electrons. The number of amides is 1. The number of rotatable bonds is 1. The minimum Gasteiger partial charge on any atom is -0.464 e. The van der Waals surface area contributed by atoms with Crippen molar-refractivity contribution in [2.24, 2.45) is 0 Å². The van der Waals surface area contributed by atoms with Crippen LogP contribution in [0.2, 0.25) is 0 Å². The molecule has 1 fully saturated rings. The minimum atomic E-state index is -0.869. The lowest BCUT2D eigenvalue weighted by atomic mass is 10.2. The molecule has 0 aliphatic carbocycles. The molecule has 0 unspecified atom stereocenters. The maximum atomic E-state index is 10.5. The van der Waals surface area contributed by atoms with Crippen LogP contribution < -0.4 is 0 Å². The molecule has 0 aromatic rings. The van der Waals surface area contributed by atoms with Crippen LogP contribution in [0.15, 0.2) is 0 Å². The van der Waals surface area contributed by atoms with Crippen LogP contribution in [0, 0.1) is 0 Å². The van der Waals surface area contributed by atoms with Gasteiger partial charge in [0.15, 0.2) is 0 Å². The average Bonchev–Trinajstić information content (AvgIpc) is 2.05. The zero-order valence-electron chi connectivity index (χ0n) is 6.79. The van der Waals surface area contributed by atoms with Crippen LogP contribution in [0.3, 0.4) is 0 Å². The van der Waals surface area contributed by atoms with Gasteiger partial charge in [-0.3, -0.25) is 0 Å². The van der Waals surface area contributed by atoms with E-state index in [-0.39, 0.29) is 0 Å². The molecule has 0 spiro atoms. The van der Waals surface area contributed by atoms with Gasteiger partial charge in [0, 0.05) is 20.1 Å². The maximum Gasteiger partial charge on any atom is 0.421 e. The van der Waals surface area contributed by atoms with Crippen LogP contribution in [0.1, 0.15) is 19.3 Å². The molecule has 1 heterocycles. The molecule has 1 aliphatic heterocycles. The third kappa shape index (κ3) is 2.08. The fourth-order valence-electron chi connectivity index (χ4n) is 1.30. The number of piperidine rings is 1. The van der Waals surface area contributed by atoms with Gasteiger partial charge in [0.1, 0.15) is 0 Å². The van der Waals surface area contributed by atoms with E-state index < -0.39 is 6.09 Å². The average molecular weight is 158 g/mol. The summed E-state index contributed by atoms with van der Waals surface area (Å²) in [5.41, 5.74) is 0. The number of nitrogens with zero attached hydrogens (tertiary/aromatic N) is 2. The largest absolute Gasteiger partial charge is 0.464 e. The lowest BCUT2D eigenvalue weighted by Crippen LogP contribution is -2.45. The molecule has 0 aromatic carbocycles. The second kappa shape index (κ2) is 3.57. The Kier molecular flexibility index (Phi) is 2.70. The van der Waals surface area contributed by atoms with E-state index >= 15 is 0 Å². The van der Waals surface area contributed by atoms with Crippen molar-refractivity contribution in [3.8, 4) is 0 Å². The summed E-state index contributed by atoms with van der Waals surface area (Å²) in [6, 6.07) is 0. The summed E-state index contributed by atoms with van der Waals surface area (Å²) in [5.74, 6) is 0. The molecule has 64 valence electrons. The molecule has 11 heavy (non-hydrogen) atoms. The summed E-state index contributed by atoms with van der Waals surface area (Å²) in [6.45, 7) is 1.76. The van der Waals surface area contributed by atoms with Gasteiger partial charge in [0.05, 0.1) is 0 Å². The predicted molar refractivity (Wildman–Crippen MR) is 41.2 cm³/mol. The van der Waals surface area contributed by atoms with Gasteiger partial charge < -0.3 is 5.11 Å². The Labute approximate surface area is 66.4 Å². The normalized spacial score (nSPS) is 19.7. The summed E-state index contributed by atoms with van der Waals surface area (Å²) in [4.78, 5) is 10.5. The molecule has 1 rings (SSSR count). The van der Waals surface area contributed by atoms with Crippen molar-refractivity contribution in [2.75, 3.05) is 20.1 Å². The van der Waals surface area contributed by atoms with Crippen molar-refractivity contribution >= 4 is 6.09 Å². The molecule has 1 aliphatic rings. The lowest BCUT2D eigenvalue weighted by molar-refractivity contribution is -0.00261. The first kappa shape index (κ1) is 8.33. The number of hydrazine groups is 1. The number of hydrogen-bond acceptors (Lipinski definition) is 2. The molecule has 1 saturated heterocycles. The standard InChI is InChI=1S/C7H14N2O2/c1-8(7(10)11)9-5-3-2-4-6-9/h2-6H2,1H3,(H,10,11). The SMILES string of the molecule is CN(C(=O)O)N1CCCCC1. The zero-order chi connectivity index (χ0) is 8.27. The topological polar surface area (TPSA) is 43.8 Å². The van der Waals surface area contributed by atoms with E-state index in [0.29, 0.717) is 0 Å². The zero-order valence-corrected chi connectivity index (χ0v) is 6.79. The summed E-state index contributed by atoms with van der Waals surface area (Å²) in [6.07, 6.45) is 2.58. The van der Waals surface area contributed by atoms with E-state index in [0.717, 1.165) is 25.9 Å². The Hall–Kier alpha value is -0.770. The first-order valence-corrected chi connectivity index (χ1v) is 3.93. The van der Waals surface area contributed by atoms with Gasteiger partial charge in [-0.05, 0) is 12.8 Å². The molecule has 1 amide bonds. The van der Waals surface area contributed by atoms with Gasteiger partial charge in [-0.25, -0.2) is 14.8 Å². The van der Waals surface area contributed by atoms with E-state index in [1.165, 1.54) is 11.4 Å². The van der Waals surface area contributed by atoms with E-state index in [1.54, 1.807) is 7.05 Å². The van der Waals surface area contributed by atoms with E-state index in [4.69, 9.17) is 5.11 Å². The van der Waals surface area contributed by atoms with Crippen LogP contribution in [0.4, 0.5) is 4.79 Å². The molecule has 1 N–H and O–H groups in total. The van der Waals surface area contributed by atoms with Crippen molar-refractivity contribution in [3.63, 3.8) is 0 Å². The third-order valence-electron chi connectivity index (χ3n) is 2.03. The molecule has 4 nitrogen and oxygen atoms in total. The Balaban J connectivity index is 2.38. The van der Waals surface area contributed by atoms with Crippen molar-refractivity contribution < 1.29 is 9.90 Å². The van der Waals surface area contributed by atoms with Gasteiger partial charge in [-0.15, -0.1) is 0 Å². The van der Waals surface area contributed by atoms with Gasteiger partial charge in [-0.1, -0.05) is 6.42 Å². The van der Waals surface area contributed by atoms with Crippen LogP contribution in [-0.2, 0) is 0 Å². The second-order valence-corrected chi connectivity index (χ2v) is 2.82. The van der Waals surface area contributed by atoms with E-state index in [9.17, 15) is 4.79 Å². The Bertz CT molecular complexity index is 143. The lowest BCUT2D eigenvalue weighted by Gasteiger charge is -2.32. The highest BCUT2D eigenvalue weighted by atomic mass is 16.4. The first-order valence-electron chi connectivity index (χ1n) is 3.93. The van der Waals surface area contributed by atoms with Crippen LogP contribution in [0.5, 0.6) is 0 Å². The Morgan fingerprint density at radius 2 is 1.91 bits per heavy atom. The van der Waals surface area contributed by atoms with Crippen molar-refractivity contribution in [2.45, 2.75) is 19.3 Å². The molecule has 4 heteroatoms. The summed E-state index contributed by atoms with van der Waals surface area (Å²) < 4.78 is 0. The molecular formula is C7H14N2O2. The summed E-state index contributed by atoms with van der Waals surface area (Å²) in [5, 5.41) is 11.8. The number of hydrogen-bond donors (Lipinski definition) is 1. The van der Waals surface area contributed by atoms with Gasteiger partial charge in [0.2, 0.25) is 0 Å². The summed E-state index contributed by atoms with van der Waals surface area (Å²) in [7, 11) is 1.59. The van der Waals surface area contributed by atoms with E-state index in [2.05, 4.69) is 0 Å². The van der Waals surface area contributed by atoms with Gasteiger partial charge in [-0.2, -0.15) is 0 Å². The third-order valence-corrected chi connectivity index (χ3v) is 2.03. The number of carboxylic acid groups (broad SMARTS) is 1. The Morgan fingerprint density at radius 3 is 2.36 bits per heavy atom. The minimum absolute atomic E-state index is 0.869. The monoisotopic (exact) mass is 158 g/mol.